The van der Waals surface area contributed by atoms with Crippen LogP contribution in [0.5, 0.6) is 0 Å². The summed E-state index contributed by atoms with van der Waals surface area (Å²) in [6.07, 6.45) is 1.86. The lowest BCUT2D eigenvalue weighted by atomic mass is 10.0. The smallest absolute Gasteiger partial charge is 0.248 e. The fraction of sp³-hybridized carbons (Fsp3) is 0.0769. The van der Waals surface area contributed by atoms with E-state index in [-0.39, 0.29) is 0 Å². The summed E-state index contributed by atoms with van der Waals surface area (Å²) in [5, 5.41) is 7.25. The zero-order valence-electron chi connectivity index (χ0n) is 9.82. The molecule has 0 unspecified atom stereocenters. The predicted octanol–water partition coefficient (Wildman–Crippen LogP) is 1.97. The number of hydrogen-bond donors (Lipinski definition) is 3. The lowest BCUT2D eigenvalue weighted by Crippen LogP contribution is -2.10. The van der Waals surface area contributed by atoms with Gasteiger partial charge in [0.1, 0.15) is 5.69 Å². The molecule has 4 N–H and O–H groups in total. The lowest BCUT2D eigenvalue weighted by molar-refractivity contribution is 0.1000. The molecule has 2 heterocycles. The van der Waals surface area contributed by atoms with Crippen LogP contribution in [0.2, 0.25) is 0 Å². The van der Waals surface area contributed by atoms with Gasteiger partial charge < -0.3 is 10.7 Å². The third-order valence-electron chi connectivity index (χ3n) is 3.04. The molecule has 0 saturated heterocycles. The van der Waals surface area contributed by atoms with Crippen molar-refractivity contribution in [2.24, 2.45) is 5.73 Å². The number of carbonyl (C=O) groups is 1. The number of amides is 1. The molecule has 0 aliphatic carbocycles. The highest BCUT2D eigenvalue weighted by molar-refractivity contribution is 5.95. The standard InChI is InChI=1S/C13H12N4O/c1-7-6-8(13(14)18)2-3-9(7)11-12-10(16-17-11)4-5-15-12/h2-6,15H,1H3,(H2,14,18)(H,16,17). The highest BCUT2D eigenvalue weighted by Gasteiger charge is 2.12. The molecule has 3 rings (SSSR count). The maximum atomic E-state index is 11.1. The van der Waals surface area contributed by atoms with Crippen LogP contribution in [-0.2, 0) is 0 Å². The molecule has 0 fully saturated rings. The zero-order valence-corrected chi connectivity index (χ0v) is 9.82. The number of aromatic nitrogens is 3. The maximum Gasteiger partial charge on any atom is 0.248 e. The van der Waals surface area contributed by atoms with E-state index in [1.54, 1.807) is 12.1 Å². The van der Waals surface area contributed by atoms with E-state index in [2.05, 4.69) is 15.2 Å². The summed E-state index contributed by atoms with van der Waals surface area (Å²) < 4.78 is 0. The Kier molecular flexibility index (Phi) is 2.19. The van der Waals surface area contributed by atoms with Crippen LogP contribution >= 0.6 is 0 Å². The van der Waals surface area contributed by atoms with Gasteiger partial charge in [0.2, 0.25) is 5.91 Å². The molecule has 3 aromatic rings. The number of nitrogens with zero attached hydrogens (tertiary/aromatic N) is 1. The van der Waals surface area contributed by atoms with Gasteiger partial charge in [0, 0.05) is 17.3 Å². The third-order valence-corrected chi connectivity index (χ3v) is 3.04. The van der Waals surface area contributed by atoms with Crippen molar-refractivity contribution < 1.29 is 4.79 Å². The molecule has 0 spiro atoms. The largest absolute Gasteiger partial charge is 0.366 e. The Balaban J connectivity index is 2.18. The molecule has 2 aromatic heterocycles. The van der Waals surface area contributed by atoms with E-state index in [1.165, 1.54) is 0 Å². The highest BCUT2D eigenvalue weighted by Crippen LogP contribution is 2.28. The van der Waals surface area contributed by atoms with Gasteiger partial charge >= 0.3 is 0 Å². The maximum absolute atomic E-state index is 11.1. The summed E-state index contributed by atoms with van der Waals surface area (Å²) in [6, 6.07) is 7.29. The van der Waals surface area contributed by atoms with Gasteiger partial charge in [0.15, 0.2) is 0 Å². The van der Waals surface area contributed by atoms with Crippen LogP contribution in [0.25, 0.3) is 22.3 Å². The number of nitrogens with one attached hydrogen (secondary N) is 2. The van der Waals surface area contributed by atoms with E-state index in [0.717, 1.165) is 27.9 Å². The SMILES string of the molecule is Cc1cc(C(N)=O)ccc1-c1n[nH]c2cc[nH]c12. The van der Waals surface area contributed by atoms with Gasteiger partial charge in [-0.15, -0.1) is 0 Å². The van der Waals surface area contributed by atoms with Gasteiger partial charge in [0.05, 0.1) is 11.0 Å². The molecule has 0 atom stereocenters. The molecule has 0 saturated carbocycles. The van der Waals surface area contributed by atoms with Crippen LogP contribution in [-0.4, -0.2) is 21.1 Å². The summed E-state index contributed by atoms with van der Waals surface area (Å²) in [5.41, 5.74) is 10.5. The number of fused-ring (bicyclic) bond motifs is 1. The number of hydrogen-bond acceptors (Lipinski definition) is 2. The van der Waals surface area contributed by atoms with Crippen molar-refractivity contribution in [2.45, 2.75) is 6.92 Å². The number of rotatable bonds is 2. The number of primary amides is 1. The quantitative estimate of drug-likeness (QED) is 0.639. The fourth-order valence-electron chi connectivity index (χ4n) is 2.11. The first kappa shape index (κ1) is 10.6. The number of nitrogens with two attached hydrogens (primary N) is 1. The van der Waals surface area contributed by atoms with Crippen molar-refractivity contribution in [3.05, 3.63) is 41.6 Å². The van der Waals surface area contributed by atoms with E-state index in [0.29, 0.717) is 5.56 Å². The van der Waals surface area contributed by atoms with Gasteiger partial charge in [-0.2, -0.15) is 5.10 Å². The van der Waals surface area contributed by atoms with Crippen LogP contribution in [0.1, 0.15) is 15.9 Å². The van der Waals surface area contributed by atoms with Crippen LogP contribution < -0.4 is 5.73 Å². The highest BCUT2D eigenvalue weighted by atomic mass is 16.1. The lowest BCUT2D eigenvalue weighted by Gasteiger charge is -2.04. The van der Waals surface area contributed by atoms with Crippen molar-refractivity contribution >= 4 is 16.9 Å². The minimum absolute atomic E-state index is 0.420. The molecule has 0 radical (unpaired) electrons. The summed E-state index contributed by atoms with van der Waals surface area (Å²) >= 11 is 0. The molecule has 5 nitrogen and oxygen atoms in total. The number of carbonyl (C=O) groups excluding carboxylic acids is 1. The first-order valence-corrected chi connectivity index (χ1v) is 5.59. The zero-order chi connectivity index (χ0) is 12.7. The van der Waals surface area contributed by atoms with Crippen LogP contribution in [0, 0.1) is 6.92 Å². The van der Waals surface area contributed by atoms with E-state index in [1.807, 2.05) is 25.3 Å². The van der Waals surface area contributed by atoms with E-state index < -0.39 is 5.91 Å². The van der Waals surface area contributed by atoms with Gasteiger partial charge in [-0.1, -0.05) is 6.07 Å². The molecule has 90 valence electrons. The van der Waals surface area contributed by atoms with Crippen LogP contribution in [0.4, 0.5) is 0 Å². The van der Waals surface area contributed by atoms with Gasteiger partial charge in [-0.25, -0.2) is 0 Å². The van der Waals surface area contributed by atoms with Crippen molar-refractivity contribution in [2.75, 3.05) is 0 Å². The van der Waals surface area contributed by atoms with Crippen LogP contribution in [0.15, 0.2) is 30.5 Å². The summed E-state index contributed by atoms with van der Waals surface area (Å²) in [6.45, 7) is 1.94. The normalized spacial score (nSPS) is 10.9. The second kappa shape index (κ2) is 3.73. The van der Waals surface area contributed by atoms with Crippen LogP contribution in [0.3, 0.4) is 0 Å². The van der Waals surface area contributed by atoms with E-state index in [4.69, 9.17) is 5.73 Å². The molecule has 0 aliphatic rings. The summed E-state index contributed by atoms with van der Waals surface area (Å²) in [7, 11) is 0. The molecule has 5 heteroatoms. The fourth-order valence-corrected chi connectivity index (χ4v) is 2.11. The Bertz CT molecular complexity index is 738. The Labute approximate surface area is 103 Å². The molecular formula is C13H12N4O. The first-order chi connectivity index (χ1) is 8.66. The van der Waals surface area contributed by atoms with Gasteiger partial charge in [0.25, 0.3) is 0 Å². The van der Waals surface area contributed by atoms with Crippen molar-refractivity contribution in [3.8, 4) is 11.3 Å². The number of aromatic amines is 2. The average molecular weight is 240 g/mol. The van der Waals surface area contributed by atoms with Crippen molar-refractivity contribution in [3.63, 3.8) is 0 Å². The average Bonchev–Trinajstić information content (AvgIpc) is 2.91. The van der Waals surface area contributed by atoms with Gasteiger partial charge in [-0.3, -0.25) is 9.89 Å². The second-order valence-corrected chi connectivity index (χ2v) is 4.23. The minimum Gasteiger partial charge on any atom is -0.366 e. The molecule has 1 amide bonds. The summed E-state index contributed by atoms with van der Waals surface area (Å²) in [4.78, 5) is 14.3. The summed E-state index contributed by atoms with van der Waals surface area (Å²) in [5.74, 6) is -0.420. The third kappa shape index (κ3) is 1.48. The molecular weight excluding hydrogens is 228 g/mol. The number of H-pyrrole nitrogens is 2. The molecule has 0 bridgehead atoms. The second-order valence-electron chi connectivity index (χ2n) is 4.23. The molecule has 18 heavy (non-hydrogen) atoms. The van der Waals surface area contributed by atoms with Gasteiger partial charge in [-0.05, 0) is 30.7 Å². The Morgan fingerprint density at radius 2 is 2.17 bits per heavy atom. The molecule has 0 aliphatic heterocycles. The number of benzene rings is 1. The van der Waals surface area contributed by atoms with Crippen molar-refractivity contribution in [1.82, 2.24) is 15.2 Å². The van der Waals surface area contributed by atoms with E-state index in [9.17, 15) is 4.79 Å². The Hall–Kier alpha value is -2.56. The topological polar surface area (TPSA) is 87.6 Å². The monoisotopic (exact) mass is 240 g/mol. The minimum atomic E-state index is -0.420. The molecule has 1 aromatic carbocycles. The van der Waals surface area contributed by atoms with E-state index >= 15 is 0 Å². The van der Waals surface area contributed by atoms with Crippen molar-refractivity contribution in [1.29, 1.82) is 0 Å². The predicted molar refractivity (Wildman–Crippen MR) is 69.1 cm³/mol. The Morgan fingerprint density at radius 3 is 2.89 bits per heavy atom. The first-order valence-electron chi connectivity index (χ1n) is 5.59. The number of aryl methyl sites for hydroxylation is 1. The Morgan fingerprint density at radius 1 is 1.33 bits per heavy atom.